The highest BCUT2D eigenvalue weighted by Gasteiger charge is 2.21. The van der Waals surface area contributed by atoms with E-state index in [1.807, 2.05) is 79.5 Å². The van der Waals surface area contributed by atoms with Gasteiger partial charge in [0, 0.05) is 46.1 Å². The van der Waals surface area contributed by atoms with Gasteiger partial charge in [-0.15, -0.1) is 11.3 Å². The molecule has 38 heavy (non-hydrogen) atoms. The molecule has 0 aliphatic heterocycles. The Bertz CT molecular complexity index is 1380. The molecule has 0 saturated carbocycles. The monoisotopic (exact) mass is 529 g/mol. The summed E-state index contributed by atoms with van der Waals surface area (Å²) in [4.78, 5) is 28.7. The van der Waals surface area contributed by atoms with Crippen molar-refractivity contribution in [2.24, 2.45) is 0 Å². The van der Waals surface area contributed by atoms with Crippen LogP contribution in [-0.2, 0) is 4.79 Å². The number of carbonyl (C=O) groups excluding carboxylic acids is 2. The number of aromatic hydroxyl groups is 1. The zero-order valence-corrected chi connectivity index (χ0v) is 23.1. The second-order valence-electron chi connectivity index (χ2n) is 9.69. The number of carbonyl (C=O) groups is 2. The van der Waals surface area contributed by atoms with Crippen molar-refractivity contribution in [3.8, 4) is 21.9 Å². The molecule has 6 heteroatoms. The van der Waals surface area contributed by atoms with E-state index in [4.69, 9.17) is 4.74 Å². The van der Waals surface area contributed by atoms with Gasteiger partial charge >= 0.3 is 0 Å². The second kappa shape index (κ2) is 12.7. The van der Waals surface area contributed by atoms with Crippen LogP contribution in [-0.4, -0.2) is 41.4 Å². The maximum absolute atomic E-state index is 13.7. The Hall–Kier alpha value is -3.64. The lowest BCUT2D eigenvalue weighted by molar-refractivity contribution is -0.130. The van der Waals surface area contributed by atoms with E-state index in [1.54, 1.807) is 23.5 Å². The molecule has 1 atom stereocenters. The Kier molecular flexibility index (Phi) is 9.19. The van der Waals surface area contributed by atoms with E-state index in [1.165, 1.54) is 0 Å². The number of thiophene rings is 1. The maximum Gasteiger partial charge on any atom is 0.222 e. The summed E-state index contributed by atoms with van der Waals surface area (Å²) in [5, 5.41) is 10.6. The molecular formula is C32H35NO4S. The summed E-state index contributed by atoms with van der Waals surface area (Å²) < 4.78 is 7.11. The van der Waals surface area contributed by atoms with Crippen molar-refractivity contribution < 1.29 is 19.4 Å². The third-order valence-corrected chi connectivity index (χ3v) is 7.90. The van der Waals surface area contributed by atoms with Gasteiger partial charge in [-0.1, -0.05) is 31.5 Å². The number of amides is 1. The minimum absolute atomic E-state index is 0.0350. The number of ether oxygens (including phenoxy) is 1. The number of fused-ring (bicyclic) bond motifs is 1. The zero-order chi connectivity index (χ0) is 27.1. The van der Waals surface area contributed by atoms with Crippen LogP contribution in [0, 0.1) is 0 Å². The van der Waals surface area contributed by atoms with Crippen molar-refractivity contribution in [1.29, 1.82) is 0 Å². The molecule has 1 aromatic heterocycles. The number of nitrogens with zero attached hydrogens (tertiary/aromatic N) is 1. The fourth-order valence-electron chi connectivity index (χ4n) is 4.46. The van der Waals surface area contributed by atoms with Crippen LogP contribution in [0.15, 0.2) is 72.8 Å². The number of phenolic OH excluding ortho intramolecular Hbond substituents is 1. The number of phenols is 1. The highest BCUT2D eigenvalue weighted by atomic mass is 32.1. The Labute approximate surface area is 228 Å². The third kappa shape index (κ3) is 6.62. The molecule has 0 fully saturated rings. The molecule has 4 aromatic rings. The van der Waals surface area contributed by atoms with E-state index >= 15 is 0 Å². The number of unbranched alkanes of at least 4 members (excludes halogenated alkanes) is 1. The normalized spacial score (nSPS) is 11.9. The van der Waals surface area contributed by atoms with Crippen molar-refractivity contribution in [2.75, 3.05) is 13.6 Å². The molecule has 0 spiro atoms. The fraction of sp³-hybridized carbons (Fsp3) is 0.312. The van der Waals surface area contributed by atoms with Gasteiger partial charge in [-0.05, 0) is 86.3 Å². The molecule has 3 aromatic carbocycles. The average Bonchev–Trinajstić information content (AvgIpc) is 3.31. The Morgan fingerprint density at radius 1 is 0.974 bits per heavy atom. The molecule has 0 bridgehead atoms. The largest absolute Gasteiger partial charge is 0.508 e. The molecular weight excluding hydrogens is 494 g/mol. The van der Waals surface area contributed by atoms with Gasteiger partial charge in [0.15, 0.2) is 5.78 Å². The highest BCUT2D eigenvalue weighted by Crippen LogP contribution is 2.40. The van der Waals surface area contributed by atoms with Gasteiger partial charge in [-0.25, -0.2) is 0 Å². The van der Waals surface area contributed by atoms with Gasteiger partial charge in [-0.3, -0.25) is 9.59 Å². The molecule has 1 heterocycles. The Morgan fingerprint density at radius 2 is 1.68 bits per heavy atom. The number of hydrogen-bond acceptors (Lipinski definition) is 5. The van der Waals surface area contributed by atoms with Gasteiger partial charge < -0.3 is 14.7 Å². The molecule has 0 aliphatic rings. The van der Waals surface area contributed by atoms with Gasteiger partial charge in [0.25, 0.3) is 0 Å². The summed E-state index contributed by atoms with van der Waals surface area (Å²) in [7, 11) is 1.87. The molecule has 5 nitrogen and oxygen atoms in total. The Morgan fingerprint density at radius 3 is 2.39 bits per heavy atom. The molecule has 4 rings (SSSR count). The fourth-order valence-corrected chi connectivity index (χ4v) is 5.66. The first-order chi connectivity index (χ1) is 18.4. The molecule has 1 amide bonds. The Balaban J connectivity index is 1.43. The lowest BCUT2D eigenvalue weighted by atomic mass is 9.97. The molecule has 0 aliphatic carbocycles. The lowest BCUT2D eigenvalue weighted by Crippen LogP contribution is -2.27. The minimum atomic E-state index is -0.0455. The van der Waals surface area contributed by atoms with Gasteiger partial charge in [0.05, 0.1) is 6.10 Å². The summed E-state index contributed by atoms with van der Waals surface area (Å²) in [6.07, 6.45) is 4.16. The van der Waals surface area contributed by atoms with Crippen LogP contribution in [0.5, 0.6) is 11.5 Å². The van der Waals surface area contributed by atoms with Gasteiger partial charge in [-0.2, -0.15) is 0 Å². The van der Waals surface area contributed by atoms with E-state index in [-0.39, 0.29) is 23.5 Å². The predicted molar refractivity (Wildman–Crippen MR) is 155 cm³/mol. The van der Waals surface area contributed by atoms with E-state index in [0.29, 0.717) is 23.3 Å². The van der Waals surface area contributed by atoms with E-state index in [0.717, 1.165) is 52.8 Å². The lowest BCUT2D eigenvalue weighted by Gasteiger charge is -2.18. The molecule has 1 N–H and O–H groups in total. The van der Waals surface area contributed by atoms with Crippen molar-refractivity contribution in [2.45, 2.75) is 52.1 Å². The van der Waals surface area contributed by atoms with Crippen molar-refractivity contribution >= 4 is 33.1 Å². The first-order valence-electron chi connectivity index (χ1n) is 13.2. The van der Waals surface area contributed by atoms with Gasteiger partial charge in [0.1, 0.15) is 11.5 Å². The number of benzene rings is 3. The van der Waals surface area contributed by atoms with E-state index in [2.05, 4.69) is 6.92 Å². The van der Waals surface area contributed by atoms with Crippen LogP contribution in [0.3, 0.4) is 0 Å². The average molecular weight is 530 g/mol. The van der Waals surface area contributed by atoms with E-state index < -0.39 is 0 Å². The summed E-state index contributed by atoms with van der Waals surface area (Å²) in [5.74, 6) is 1.03. The standard InChI is InChI=1S/C32H35NO4S/c1-4-5-21-33(3)29(35)12-8-9-22(2)37-26-19-15-23(16-20-26)31(36)30-27-10-6-7-11-28(27)38-32(30)24-13-17-25(34)18-14-24/h6-7,10-11,13-20,22,34H,4-5,8-9,12,21H2,1-3H3. The van der Waals surface area contributed by atoms with Crippen LogP contribution in [0.1, 0.15) is 61.9 Å². The van der Waals surface area contributed by atoms with Crippen LogP contribution in [0.2, 0.25) is 0 Å². The quantitative estimate of drug-likeness (QED) is 0.191. The molecule has 0 saturated heterocycles. The van der Waals surface area contributed by atoms with E-state index in [9.17, 15) is 14.7 Å². The molecule has 0 radical (unpaired) electrons. The van der Waals surface area contributed by atoms with Gasteiger partial charge in [0.2, 0.25) is 5.91 Å². The van der Waals surface area contributed by atoms with Crippen molar-refractivity contribution in [1.82, 2.24) is 4.90 Å². The summed E-state index contributed by atoms with van der Waals surface area (Å²) in [6, 6.07) is 22.2. The van der Waals surface area contributed by atoms with Crippen LogP contribution in [0.25, 0.3) is 20.5 Å². The van der Waals surface area contributed by atoms with Crippen LogP contribution < -0.4 is 4.74 Å². The number of rotatable bonds is 12. The second-order valence-corrected chi connectivity index (χ2v) is 10.7. The first kappa shape index (κ1) is 27.4. The third-order valence-electron chi connectivity index (χ3n) is 6.68. The molecule has 198 valence electrons. The van der Waals surface area contributed by atoms with Crippen LogP contribution in [0.4, 0.5) is 0 Å². The molecule has 1 unspecified atom stereocenters. The minimum Gasteiger partial charge on any atom is -0.508 e. The SMILES string of the molecule is CCCCN(C)C(=O)CCCC(C)Oc1ccc(C(=O)c2c(-c3ccc(O)cc3)sc3ccccc23)cc1. The topological polar surface area (TPSA) is 66.8 Å². The summed E-state index contributed by atoms with van der Waals surface area (Å²) in [5.41, 5.74) is 2.16. The predicted octanol–water partition coefficient (Wildman–Crippen LogP) is 7.70. The first-order valence-corrected chi connectivity index (χ1v) is 14.0. The summed E-state index contributed by atoms with van der Waals surface area (Å²) in [6.45, 7) is 4.94. The van der Waals surface area contributed by atoms with Crippen molar-refractivity contribution in [3.63, 3.8) is 0 Å². The summed E-state index contributed by atoms with van der Waals surface area (Å²) >= 11 is 1.58. The maximum atomic E-state index is 13.7. The van der Waals surface area contributed by atoms with Crippen LogP contribution >= 0.6 is 11.3 Å². The zero-order valence-electron chi connectivity index (χ0n) is 22.3. The highest BCUT2D eigenvalue weighted by molar-refractivity contribution is 7.22. The van der Waals surface area contributed by atoms with Crippen molar-refractivity contribution in [3.05, 3.63) is 83.9 Å². The smallest absolute Gasteiger partial charge is 0.222 e. The number of ketones is 1. The number of hydrogen-bond donors (Lipinski definition) is 1.